The zero-order valence-electron chi connectivity index (χ0n) is 15.6. The topological polar surface area (TPSA) is 70.4 Å². The van der Waals surface area contributed by atoms with Gasteiger partial charge >= 0.3 is 0 Å². The van der Waals surface area contributed by atoms with Gasteiger partial charge in [0.05, 0.1) is 33.1 Å². The van der Waals surface area contributed by atoms with E-state index in [4.69, 9.17) is 14.2 Å². The number of methoxy groups -OCH3 is 3. The van der Waals surface area contributed by atoms with Gasteiger partial charge in [-0.05, 0) is 53.6 Å². The fraction of sp³-hybridized carbons (Fsp3) is 0.200. The highest BCUT2D eigenvalue weighted by Crippen LogP contribution is 2.42. The van der Waals surface area contributed by atoms with Crippen LogP contribution in [0.2, 0.25) is 0 Å². The second-order valence-electron chi connectivity index (χ2n) is 6.16. The van der Waals surface area contributed by atoms with E-state index in [0.29, 0.717) is 23.2 Å². The van der Waals surface area contributed by atoms with Gasteiger partial charge in [0, 0.05) is 0 Å². The Bertz CT molecular complexity index is 1010. The van der Waals surface area contributed by atoms with Crippen molar-refractivity contribution in [3.8, 4) is 17.2 Å². The third-order valence-corrected chi connectivity index (χ3v) is 4.60. The normalized spacial score (nSPS) is 15.3. The minimum absolute atomic E-state index is 0.231. The van der Waals surface area contributed by atoms with Crippen LogP contribution in [0.15, 0.2) is 48.8 Å². The van der Waals surface area contributed by atoms with Crippen LogP contribution < -0.4 is 19.5 Å². The Morgan fingerprint density at radius 2 is 1.68 bits per heavy atom. The van der Waals surface area contributed by atoms with E-state index in [2.05, 4.69) is 15.5 Å². The third-order valence-electron chi connectivity index (χ3n) is 4.60. The van der Waals surface area contributed by atoms with Crippen LogP contribution in [0.5, 0.6) is 17.2 Å². The molecular weight excluding hydrogens is 363 g/mol. The standard InChI is InChI=1S/C20H19FN4O3/c1-26-17-8-13(9-18(27-2)19(17)28-3)15-10-16(12-4-6-14(21)7-5-12)25-11-22-24-20(25)23-15/h4-11,15H,1-3H3,(H,23,24). The maximum absolute atomic E-state index is 13.4. The number of anilines is 1. The van der Waals surface area contributed by atoms with E-state index in [0.717, 1.165) is 16.8 Å². The van der Waals surface area contributed by atoms with Crippen LogP contribution in [0.25, 0.3) is 5.70 Å². The summed E-state index contributed by atoms with van der Waals surface area (Å²) in [6.45, 7) is 0. The van der Waals surface area contributed by atoms with Gasteiger partial charge in [-0.25, -0.2) is 4.39 Å². The van der Waals surface area contributed by atoms with E-state index in [9.17, 15) is 4.39 Å². The number of nitrogens with zero attached hydrogens (tertiary/aromatic N) is 3. The first-order valence-corrected chi connectivity index (χ1v) is 8.59. The molecule has 2 aromatic carbocycles. The van der Waals surface area contributed by atoms with Crippen LogP contribution >= 0.6 is 0 Å². The van der Waals surface area contributed by atoms with Gasteiger partial charge in [-0.3, -0.25) is 4.57 Å². The predicted molar refractivity (Wildman–Crippen MR) is 102 cm³/mol. The summed E-state index contributed by atoms with van der Waals surface area (Å²) < 4.78 is 31.5. The molecule has 4 rings (SSSR count). The van der Waals surface area contributed by atoms with E-state index < -0.39 is 0 Å². The van der Waals surface area contributed by atoms with Crippen molar-refractivity contribution in [2.45, 2.75) is 6.04 Å². The molecular formula is C20H19FN4O3. The fourth-order valence-electron chi connectivity index (χ4n) is 3.25. The minimum Gasteiger partial charge on any atom is -0.493 e. The lowest BCUT2D eigenvalue weighted by molar-refractivity contribution is 0.323. The van der Waals surface area contributed by atoms with Gasteiger partial charge < -0.3 is 19.5 Å². The van der Waals surface area contributed by atoms with Crippen molar-refractivity contribution in [1.82, 2.24) is 14.8 Å². The van der Waals surface area contributed by atoms with E-state index in [1.165, 1.54) is 12.1 Å². The molecule has 28 heavy (non-hydrogen) atoms. The maximum atomic E-state index is 13.4. The molecule has 1 aliphatic heterocycles. The summed E-state index contributed by atoms with van der Waals surface area (Å²) in [6.07, 6.45) is 3.63. The first-order valence-electron chi connectivity index (χ1n) is 8.59. The zero-order chi connectivity index (χ0) is 19.7. The molecule has 0 amide bonds. The number of hydrogen-bond donors (Lipinski definition) is 1. The SMILES string of the molecule is COc1cc(C2C=C(c3ccc(F)cc3)n3cnnc3N2)cc(OC)c1OC. The fourth-order valence-corrected chi connectivity index (χ4v) is 3.25. The summed E-state index contributed by atoms with van der Waals surface area (Å²) in [5.41, 5.74) is 2.59. The van der Waals surface area contributed by atoms with Crippen molar-refractivity contribution in [3.63, 3.8) is 0 Å². The van der Waals surface area contributed by atoms with Crippen molar-refractivity contribution in [3.05, 3.63) is 65.7 Å². The number of benzene rings is 2. The van der Waals surface area contributed by atoms with Gasteiger partial charge in [-0.15, -0.1) is 10.2 Å². The summed E-state index contributed by atoms with van der Waals surface area (Å²) in [6, 6.07) is 9.83. The Kier molecular flexibility index (Phi) is 4.60. The lowest BCUT2D eigenvalue weighted by Crippen LogP contribution is -2.19. The van der Waals surface area contributed by atoms with E-state index >= 15 is 0 Å². The molecule has 1 unspecified atom stereocenters. The summed E-state index contributed by atoms with van der Waals surface area (Å²) in [5, 5.41) is 11.5. The molecule has 0 radical (unpaired) electrons. The zero-order valence-corrected chi connectivity index (χ0v) is 15.6. The van der Waals surface area contributed by atoms with Gasteiger partial charge in [0.25, 0.3) is 0 Å². The Morgan fingerprint density at radius 3 is 2.29 bits per heavy atom. The quantitative estimate of drug-likeness (QED) is 0.728. The van der Waals surface area contributed by atoms with Gasteiger partial charge in [0.1, 0.15) is 12.1 Å². The Labute approximate surface area is 161 Å². The number of ether oxygens (including phenoxy) is 3. The summed E-state index contributed by atoms with van der Waals surface area (Å²) in [5.74, 6) is 1.93. The minimum atomic E-state index is -0.288. The summed E-state index contributed by atoms with van der Waals surface area (Å²) in [7, 11) is 4.71. The molecule has 0 spiro atoms. The van der Waals surface area contributed by atoms with Crippen molar-refractivity contribution in [2.75, 3.05) is 26.6 Å². The molecule has 8 heteroatoms. The van der Waals surface area contributed by atoms with Crippen LogP contribution in [0.4, 0.5) is 10.3 Å². The molecule has 0 aliphatic carbocycles. The van der Waals surface area contributed by atoms with Gasteiger partial charge in [-0.1, -0.05) is 0 Å². The van der Waals surface area contributed by atoms with Crippen LogP contribution in [0.3, 0.4) is 0 Å². The van der Waals surface area contributed by atoms with Crippen molar-refractivity contribution < 1.29 is 18.6 Å². The van der Waals surface area contributed by atoms with Crippen LogP contribution in [-0.2, 0) is 0 Å². The molecule has 2 heterocycles. The number of hydrogen-bond acceptors (Lipinski definition) is 6. The smallest absolute Gasteiger partial charge is 0.229 e. The number of fused-ring (bicyclic) bond motifs is 1. The number of rotatable bonds is 5. The largest absolute Gasteiger partial charge is 0.493 e. The highest BCUT2D eigenvalue weighted by atomic mass is 19.1. The lowest BCUT2D eigenvalue weighted by Gasteiger charge is -2.26. The van der Waals surface area contributed by atoms with Crippen molar-refractivity contribution in [2.24, 2.45) is 0 Å². The molecule has 7 nitrogen and oxygen atoms in total. The molecule has 1 atom stereocenters. The van der Waals surface area contributed by atoms with Gasteiger partial charge in [0.15, 0.2) is 11.5 Å². The van der Waals surface area contributed by atoms with Crippen molar-refractivity contribution in [1.29, 1.82) is 0 Å². The number of aromatic nitrogens is 3. The number of nitrogens with one attached hydrogen (secondary N) is 1. The average Bonchev–Trinajstić information content (AvgIpc) is 3.21. The second-order valence-corrected chi connectivity index (χ2v) is 6.16. The Hall–Kier alpha value is -3.55. The van der Waals surface area contributed by atoms with Crippen LogP contribution in [-0.4, -0.2) is 36.1 Å². The molecule has 1 aliphatic rings. The molecule has 0 saturated carbocycles. The van der Waals surface area contributed by atoms with E-state index in [-0.39, 0.29) is 11.9 Å². The van der Waals surface area contributed by atoms with Gasteiger partial charge in [0.2, 0.25) is 11.7 Å². The first-order chi connectivity index (χ1) is 13.6. The van der Waals surface area contributed by atoms with E-state index in [1.54, 1.807) is 39.8 Å². The molecule has 0 fully saturated rings. The molecule has 1 aromatic heterocycles. The van der Waals surface area contributed by atoms with Gasteiger partial charge in [-0.2, -0.15) is 0 Å². The molecule has 0 saturated heterocycles. The third kappa shape index (κ3) is 3.02. The molecule has 3 aromatic rings. The Balaban J connectivity index is 1.82. The van der Waals surface area contributed by atoms with Crippen molar-refractivity contribution >= 4 is 11.6 Å². The van der Waals surface area contributed by atoms with Crippen LogP contribution in [0, 0.1) is 5.82 Å². The maximum Gasteiger partial charge on any atom is 0.229 e. The highest BCUT2D eigenvalue weighted by molar-refractivity contribution is 5.72. The average molecular weight is 382 g/mol. The van der Waals surface area contributed by atoms with E-state index in [1.807, 2.05) is 22.8 Å². The molecule has 144 valence electrons. The summed E-state index contributed by atoms with van der Waals surface area (Å²) in [4.78, 5) is 0. The second kappa shape index (κ2) is 7.22. The molecule has 1 N–H and O–H groups in total. The lowest BCUT2D eigenvalue weighted by atomic mass is 10.0. The summed E-state index contributed by atoms with van der Waals surface area (Å²) >= 11 is 0. The van der Waals surface area contributed by atoms with Crippen LogP contribution in [0.1, 0.15) is 17.2 Å². The highest BCUT2D eigenvalue weighted by Gasteiger charge is 2.24. The predicted octanol–water partition coefficient (Wildman–Crippen LogP) is 3.50. The first kappa shape index (κ1) is 17.8. The number of halogens is 1. The molecule has 0 bridgehead atoms. The Morgan fingerprint density at radius 1 is 1.00 bits per heavy atom. The monoisotopic (exact) mass is 382 g/mol.